The summed E-state index contributed by atoms with van der Waals surface area (Å²) in [6.45, 7) is 5.06. The van der Waals surface area contributed by atoms with Crippen LogP contribution >= 0.6 is 0 Å². The van der Waals surface area contributed by atoms with E-state index in [0.717, 1.165) is 11.1 Å². The van der Waals surface area contributed by atoms with E-state index in [1.54, 1.807) is 6.20 Å². The molecule has 2 aliphatic heterocycles. The van der Waals surface area contributed by atoms with Crippen molar-refractivity contribution in [2.24, 2.45) is 5.41 Å². The Hall–Kier alpha value is -3.53. The maximum atomic E-state index is 13.2. The zero-order chi connectivity index (χ0) is 25.5. The molecule has 188 valence electrons. The van der Waals surface area contributed by atoms with E-state index < -0.39 is 12.7 Å². The lowest BCUT2D eigenvalue weighted by atomic mass is 9.72. The van der Waals surface area contributed by atoms with Gasteiger partial charge < -0.3 is 10.2 Å². The summed E-state index contributed by atoms with van der Waals surface area (Å²) in [4.78, 5) is 29.8. The van der Waals surface area contributed by atoms with Gasteiger partial charge in [0, 0.05) is 61.7 Å². The van der Waals surface area contributed by atoms with E-state index in [9.17, 15) is 18.0 Å². The van der Waals surface area contributed by atoms with Gasteiger partial charge in [0.1, 0.15) is 5.82 Å². The minimum Gasteiger partial charge on any atom is -0.353 e. The highest BCUT2D eigenvalue weighted by Crippen LogP contribution is 2.45. The van der Waals surface area contributed by atoms with Crippen molar-refractivity contribution in [1.29, 1.82) is 0 Å². The Bertz CT molecular complexity index is 1230. The number of nitrogens with one attached hydrogen (secondary N) is 1. The molecule has 36 heavy (non-hydrogen) atoms. The summed E-state index contributed by atoms with van der Waals surface area (Å²) in [5, 5.41) is 3.01. The molecule has 1 aromatic carbocycles. The molecular weight excluding hydrogens is 469 g/mol. The number of likely N-dealkylation sites (tertiary alicyclic amines) is 1. The van der Waals surface area contributed by atoms with Gasteiger partial charge in [-0.3, -0.25) is 9.69 Å². The summed E-state index contributed by atoms with van der Waals surface area (Å²) in [7, 11) is 0. The molecule has 7 nitrogen and oxygen atoms in total. The molecule has 1 N–H and O–H groups in total. The normalized spacial score (nSPS) is 17.1. The predicted molar refractivity (Wildman–Crippen MR) is 131 cm³/mol. The number of aromatic nitrogens is 3. The summed E-state index contributed by atoms with van der Waals surface area (Å²) in [6.07, 6.45) is 0.525. The molecular formula is C26H27F3N6O. The molecule has 0 atom stereocenters. The number of hydrogen-bond donors (Lipinski definition) is 1. The van der Waals surface area contributed by atoms with Crippen molar-refractivity contribution in [2.75, 3.05) is 42.9 Å². The van der Waals surface area contributed by atoms with Gasteiger partial charge >= 0.3 is 6.18 Å². The summed E-state index contributed by atoms with van der Waals surface area (Å²) in [6, 6.07) is 11.5. The second-order valence-corrected chi connectivity index (χ2v) is 9.98. The van der Waals surface area contributed by atoms with Gasteiger partial charge in [-0.05, 0) is 11.6 Å². The molecule has 2 aliphatic rings. The van der Waals surface area contributed by atoms with Crippen LogP contribution in [0.15, 0.2) is 55.0 Å². The van der Waals surface area contributed by atoms with Crippen molar-refractivity contribution in [3.8, 4) is 11.1 Å². The lowest BCUT2D eigenvalue weighted by Crippen LogP contribution is -2.73. The second-order valence-electron chi connectivity index (χ2n) is 9.98. The summed E-state index contributed by atoms with van der Waals surface area (Å²) >= 11 is 0. The molecule has 0 radical (unpaired) electrons. The van der Waals surface area contributed by atoms with Gasteiger partial charge in [0.15, 0.2) is 5.82 Å². The zero-order valence-corrected chi connectivity index (χ0v) is 20.1. The van der Waals surface area contributed by atoms with Gasteiger partial charge in [-0.15, -0.1) is 0 Å². The average Bonchev–Trinajstić information content (AvgIpc) is 2.80. The van der Waals surface area contributed by atoms with Gasteiger partial charge in [-0.25, -0.2) is 15.0 Å². The summed E-state index contributed by atoms with van der Waals surface area (Å²) in [5.41, 5.74) is 2.44. The van der Waals surface area contributed by atoms with E-state index >= 15 is 0 Å². The van der Waals surface area contributed by atoms with E-state index in [1.807, 2.05) is 55.1 Å². The van der Waals surface area contributed by atoms with Gasteiger partial charge in [0.2, 0.25) is 0 Å². The summed E-state index contributed by atoms with van der Waals surface area (Å²) in [5.74, 6) is 1.05. The Balaban J connectivity index is 1.39. The van der Waals surface area contributed by atoms with Crippen LogP contribution < -0.4 is 10.2 Å². The third-order valence-electron chi connectivity index (χ3n) is 6.58. The fourth-order valence-electron chi connectivity index (χ4n) is 4.99. The highest BCUT2D eigenvalue weighted by atomic mass is 19.4. The Labute approximate surface area is 207 Å². The minimum atomic E-state index is -4.19. The van der Waals surface area contributed by atoms with Crippen LogP contribution in [0.1, 0.15) is 35.9 Å². The first-order valence-electron chi connectivity index (χ1n) is 11.8. The number of nitrogens with zero attached hydrogens (tertiary/aromatic N) is 5. The van der Waals surface area contributed by atoms with Crippen LogP contribution in [-0.4, -0.2) is 64.7 Å². The molecule has 5 rings (SSSR count). The second kappa shape index (κ2) is 9.16. The predicted octanol–water partition coefficient (Wildman–Crippen LogP) is 4.60. The Morgan fingerprint density at radius 1 is 1.03 bits per heavy atom. The first kappa shape index (κ1) is 24.2. The van der Waals surface area contributed by atoms with Crippen molar-refractivity contribution in [3.05, 3.63) is 66.4 Å². The molecule has 2 saturated heterocycles. The number of halogens is 3. The van der Waals surface area contributed by atoms with Gasteiger partial charge in [0.25, 0.3) is 5.91 Å². The van der Waals surface area contributed by atoms with Crippen LogP contribution in [0.25, 0.3) is 11.1 Å². The SMILES string of the molecule is CC(C)c1ncc(C(=O)Nc2c(-c3ccccc3)ccnc2N2CC3(CN(CC(F)(F)F)C3)C2)cn1. The number of benzene rings is 1. The Kier molecular flexibility index (Phi) is 6.15. The van der Waals surface area contributed by atoms with E-state index in [-0.39, 0.29) is 17.2 Å². The molecule has 1 amide bonds. The third kappa shape index (κ3) is 4.90. The van der Waals surface area contributed by atoms with Crippen LogP contribution in [0.3, 0.4) is 0 Å². The first-order chi connectivity index (χ1) is 17.1. The molecule has 0 aliphatic carbocycles. The van der Waals surface area contributed by atoms with Gasteiger partial charge in [0.05, 0.1) is 17.8 Å². The minimum absolute atomic E-state index is 0.147. The number of hydrogen-bond acceptors (Lipinski definition) is 6. The molecule has 3 aromatic rings. The number of rotatable bonds is 6. The number of carbonyl (C=O) groups excluding carboxylic acids is 1. The average molecular weight is 497 g/mol. The van der Waals surface area contributed by atoms with Crippen LogP contribution in [0.5, 0.6) is 0 Å². The third-order valence-corrected chi connectivity index (χ3v) is 6.58. The van der Waals surface area contributed by atoms with Crippen LogP contribution in [0.2, 0.25) is 0 Å². The van der Waals surface area contributed by atoms with Crippen molar-refractivity contribution in [3.63, 3.8) is 0 Å². The highest BCUT2D eigenvalue weighted by molar-refractivity contribution is 6.08. The summed E-state index contributed by atoms with van der Waals surface area (Å²) < 4.78 is 38.1. The van der Waals surface area contributed by atoms with Crippen LogP contribution in [-0.2, 0) is 0 Å². The Morgan fingerprint density at radius 2 is 1.69 bits per heavy atom. The number of alkyl halides is 3. The number of anilines is 2. The number of carbonyl (C=O) groups is 1. The Morgan fingerprint density at radius 3 is 2.31 bits per heavy atom. The van der Waals surface area contributed by atoms with E-state index in [4.69, 9.17) is 0 Å². The van der Waals surface area contributed by atoms with Crippen molar-refractivity contribution >= 4 is 17.4 Å². The molecule has 2 aromatic heterocycles. The molecule has 2 fully saturated rings. The maximum absolute atomic E-state index is 13.2. The van der Waals surface area contributed by atoms with Crippen molar-refractivity contribution in [1.82, 2.24) is 19.9 Å². The topological polar surface area (TPSA) is 74.2 Å². The van der Waals surface area contributed by atoms with E-state index in [1.165, 1.54) is 17.3 Å². The first-order valence-corrected chi connectivity index (χ1v) is 11.8. The molecule has 0 unspecified atom stereocenters. The maximum Gasteiger partial charge on any atom is 0.401 e. The van der Waals surface area contributed by atoms with Gasteiger partial charge in [-0.1, -0.05) is 44.2 Å². The van der Waals surface area contributed by atoms with Crippen molar-refractivity contribution in [2.45, 2.75) is 25.9 Å². The standard InChI is InChI=1S/C26H27F3N6O/c1-17(2)22-31-10-19(11-32-22)24(36)33-21-20(18-6-4-3-5-7-18)8-9-30-23(21)35-14-25(15-35)12-34(13-25)16-26(27,28)29/h3-11,17H,12-16H2,1-2H3,(H,33,36). The monoisotopic (exact) mass is 496 g/mol. The fraction of sp³-hybridized carbons (Fsp3) is 0.385. The van der Waals surface area contributed by atoms with Crippen LogP contribution in [0.4, 0.5) is 24.7 Å². The molecule has 0 bridgehead atoms. The largest absolute Gasteiger partial charge is 0.401 e. The lowest BCUT2D eigenvalue weighted by molar-refractivity contribution is -0.172. The van der Waals surface area contributed by atoms with E-state index in [0.29, 0.717) is 49.1 Å². The zero-order valence-electron chi connectivity index (χ0n) is 20.1. The molecule has 10 heteroatoms. The smallest absolute Gasteiger partial charge is 0.353 e. The molecule has 4 heterocycles. The molecule has 0 saturated carbocycles. The van der Waals surface area contributed by atoms with Crippen molar-refractivity contribution < 1.29 is 18.0 Å². The number of pyridine rings is 1. The van der Waals surface area contributed by atoms with Crippen LogP contribution in [0, 0.1) is 5.41 Å². The van der Waals surface area contributed by atoms with Gasteiger partial charge in [-0.2, -0.15) is 13.2 Å². The number of amides is 1. The quantitative estimate of drug-likeness (QED) is 0.538. The highest BCUT2D eigenvalue weighted by Gasteiger charge is 2.54. The lowest BCUT2D eigenvalue weighted by Gasteiger charge is -2.60. The molecule has 1 spiro atoms. The fourth-order valence-corrected chi connectivity index (χ4v) is 4.99. The van der Waals surface area contributed by atoms with E-state index in [2.05, 4.69) is 20.3 Å².